The number of rotatable bonds is 6. The summed E-state index contributed by atoms with van der Waals surface area (Å²) in [7, 11) is 4.17. The number of thiazole rings is 1. The van der Waals surface area contributed by atoms with Crippen LogP contribution in [0, 0.1) is 0 Å². The summed E-state index contributed by atoms with van der Waals surface area (Å²) in [6, 6.07) is 10.1. The first-order valence-corrected chi connectivity index (χ1v) is 11.0. The number of nitrogens with zero attached hydrogens (tertiary/aromatic N) is 6. The Morgan fingerprint density at radius 1 is 1.16 bits per heavy atom. The van der Waals surface area contributed by atoms with Crippen molar-refractivity contribution in [3.8, 4) is 10.6 Å². The topological polar surface area (TPSA) is 75.1 Å². The highest BCUT2D eigenvalue weighted by Crippen LogP contribution is 2.25. The van der Waals surface area contributed by atoms with E-state index in [4.69, 9.17) is 4.98 Å². The van der Waals surface area contributed by atoms with Crippen LogP contribution in [0.3, 0.4) is 0 Å². The number of fused-ring (bicyclic) bond motifs is 1. The number of anilines is 1. The lowest BCUT2D eigenvalue weighted by Crippen LogP contribution is -2.57. The lowest BCUT2D eigenvalue weighted by molar-refractivity contribution is 0.0992. The maximum atomic E-state index is 12.9. The highest BCUT2D eigenvalue weighted by atomic mass is 32.1. The van der Waals surface area contributed by atoms with Gasteiger partial charge >= 0.3 is 0 Å². The molecule has 0 aromatic carbocycles. The van der Waals surface area contributed by atoms with E-state index < -0.39 is 0 Å². The van der Waals surface area contributed by atoms with Crippen molar-refractivity contribution in [2.75, 3.05) is 32.1 Å². The Labute approximate surface area is 184 Å². The monoisotopic (exact) mass is 430 g/mol. The largest absolute Gasteiger partial charge is 0.353 e. The van der Waals surface area contributed by atoms with Gasteiger partial charge in [0.05, 0.1) is 33.7 Å². The summed E-state index contributed by atoms with van der Waals surface area (Å²) in [6.45, 7) is 1.86. The van der Waals surface area contributed by atoms with Crippen molar-refractivity contribution < 1.29 is 4.79 Å². The van der Waals surface area contributed by atoms with Crippen molar-refractivity contribution in [1.29, 1.82) is 0 Å². The molecule has 0 atom stereocenters. The second-order valence-corrected chi connectivity index (χ2v) is 8.84. The molecule has 8 heteroatoms. The van der Waals surface area contributed by atoms with E-state index in [9.17, 15) is 4.79 Å². The van der Waals surface area contributed by atoms with Gasteiger partial charge in [-0.3, -0.25) is 14.8 Å². The summed E-state index contributed by atoms with van der Waals surface area (Å²) in [5.41, 5.74) is 4.87. The molecule has 7 nitrogen and oxygen atoms in total. The average Bonchev–Trinajstić information content (AvgIpc) is 3.27. The number of carbonyl (C=O) groups excluding carboxylic acids is 1. The van der Waals surface area contributed by atoms with Gasteiger partial charge in [-0.15, -0.1) is 11.3 Å². The van der Waals surface area contributed by atoms with Crippen LogP contribution in [0.5, 0.6) is 0 Å². The fourth-order valence-electron chi connectivity index (χ4n) is 3.63. The molecule has 1 aliphatic heterocycles. The van der Waals surface area contributed by atoms with Crippen molar-refractivity contribution in [2.45, 2.75) is 12.5 Å². The second-order valence-electron chi connectivity index (χ2n) is 7.96. The van der Waals surface area contributed by atoms with E-state index in [-0.39, 0.29) is 12.2 Å². The number of likely N-dealkylation sites (N-methyl/N-ethyl adjacent to an activating group) is 1. The molecule has 4 aromatic rings. The predicted molar refractivity (Wildman–Crippen MR) is 123 cm³/mol. The standard InChI is InChI=1S/C23H22N6OS/c1-28(2)18-12-29(13-18)23-7-15(5-6-25-23)21(30)9-17-8-20-16(10-26-17)3-4-19(27-20)22-11-24-14-31-22/h3-8,10-11,14,18H,9,12-13H2,1-2H3. The quantitative estimate of drug-likeness (QED) is 0.434. The average molecular weight is 431 g/mol. The van der Waals surface area contributed by atoms with Crippen LogP contribution in [0.4, 0.5) is 5.82 Å². The number of ketones is 1. The molecular weight excluding hydrogens is 408 g/mol. The minimum atomic E-state index is 0.0267. The minimum absolute atomic E-state index is 0.0267. The smallest absolute Gasteiger partial charge is 0.169 e. The van der Waals surface area contributed by atoms with Gasteiger partial charge in [0.1, 0.15) is 5.82 Å². The summed E-state index contributed by atoms with van der Waals surface area (Å²) in [6.07, 6.45) is 5.53. The Morgan fingerprint density at radius 3 is 2.81 bits per heavy atom. The molecule has 0 saturated carbocycles. The van der Waals surface area contributed by atoms with Crippen LogP contribution in [0.15, 0.2) is 54.4 Å². The number of carbonyl (C=O) groups is 1. The van der Waals surface area contributed by atoms with Crippen LogP contribution in [-0.2, 0) is 6.42 Å². The van der Waals surface area contributed by atoms with Crippen LogP contribution in [0.1, 0.15) is 16.1 Å². The van der Waals surface area contributed by atoms with E-state index in [2.05, 4.69) is 38.8 Å². The molecule has 0 spiro atoms. The lowest BCUT2D eigenvalue weighted by atomic mass is 10.0. The van der Waals surface area contributed by atoms with Gasteiger partial charge in [-0.25, -0.2) is 9.97 Å². The van der Waals surface area contributed by atoms with Gasteiger partial charge < -0.3 is 9.80 Å². The predicted octanol–water partition coefficient (Wildman–Crippen LogP) is 3.32. The molecule has 0 radical (unpaired) electrons. The van der Waals surface area contributed by atoms with Crippen molar-refractivity contribution in [1.82, 2.24) is 24.8 Å². The van der Waals surface area contributed by atoms with Crippen LogP contribution in [0.2, 0.25) is 0 Å². The minimum Gasteiger partial charge on any atom is -0.353 e. The van der Waals surface area contributed by atoms with Crippen molar-refractivity contribution in [3.05, 3.63) is 65.7 Å². The van der Waals surface area contributed by atoms with E-state index in [1.165, 1.54) is 0 Å². The van der Waals surface area contributed by atoms with Crippen LogP contribution in [-0.4, -0.2) is 63.8 Å². The highest BCUT2D eigenvalue weighted by Gasteiger charge is 2.29. The first-order chi connectivity index (χ1) is 15.1. The Hall–Kier alpha value is -3.23. The van der Waals surface area contributed by atoms with E-state index in [1.807, 2.05) is 30.5 Å². The third-order valence-electron chi connectivity index (χ3n) is 5.64. The molecule has 4 aromatic heterocycles. The van der Waals surface area contributed by atoms with Crippen molar-refractivity contribution in [3.63, 3.8) is 0 Å². The van der Waals surface area contributed by atoms with Gasteiger partial charge in [-0.05, 0) is 44.4 Å². The summed E-state index contributed by atoms with van der Waals surface area (Å²) >= 11 is 1.55. The number of aromatic nitrogens is 4. The summed E-state index contributed by atoms with van der Waals surface area (Å²) in [5, 5.41) is 0.948. The van der Waals surface area contributed by atoms with Crippen molar-refractivity contribution in [2.24, 2.45) is 0 Å². The zero-order chi connectivity index (χ0) is 21.4. The van der Waals surface area contributed by atoms with Crippen molar-refractivity contribution >= 4 is 33.8 Å². The fourth-order valence-corrected chi connectivity index (χ4v) is 4.23. The molecule has 156 valence electrons. The van der Waals surface area contributed by atoms with Crippen LogP contribution >= 0.6 is 11.3 Å². The second kappa shape index (κ2) is 8.13. The third kappa shape index (κ3) is 4.04. The fraction of sp³-hybridized carbons (Fsp3) is 0.261. The molecule has 0 aliphatic carbocycles. The molecule has 1 saturated heterocycles. The molecule has 5 rings (SSSR count). The summed E-state index contributed by atoms with van der Waals surface area (Å²) < 4.78 is 0. The van der Waals surface area contributed by atoms with Crippen LogP contribution < -0.4 is 4.90 Å². The van der Waals surface area contributed by atoms with Gasteiger partial charge in [-0.2, -0.15) is 0 Å². The van der Waals surface area contributed by atoms with E-state index in [0.29, 0.717) is 17.3 Å². The maximum absolute atomic E-state index is 12.9. The third-order valence-corrected chi connectivity index (χ3v) is 6.44. The summed E-state index contributed by atoms with van der Waals surface area (Å²) in [4.78, 5) is 36.1. The van der Waals surface area contributed by atoms with Gasteiger partial charge in [-0.1, -0.05) is 0 Å². The molecule has 31 heavy (non-hydrogen) atoms. The van der Waals surface area contributed by atoms with Gasteiger partial charge in [0.25, 0.3) is 0 Å². The number of pyridine rings is 3. The zero-order valence-electron chi connectivity index (χ0n) is 17.4. The normalized spacial score (nSPS) is 14.2. The molecule has 0 bridgehead atoms. The molecule has 0 amide bonds. The molecule has 1 aliphatic rings. The molecule has 1 fully saturated rings. The molecular formula is C23H22N6OS. The molecule has 0 unspecified atom stereocenters. The van der Waals surface area contributed by atoms with E-state index >= 15 is 0 Å². The first kappa shape index (κ1) is 19.7. The maximum Gasteiger partial charge on any atom is 0.169 e. The van der Waals surface area contributed by atoms with Crippen LogP contribution in [0.25, 0.3) is 21.5 Å². The number of Topliss-reactive ketones (excluding diaryl/α,β-unsaturated/α-hetero) is 1. The van der Waals surface area contributed by atoms with Gasteiger partial charge in [0.15, 0.2) is 5.78 Å². The SMILES string of the molecule is CN(C)C1CN(c2cc(C(=O)Cc3cc4nc(-c5cncs5)ccc4cn3)ccn2)C1. The highest BCUT2D eigenvalue weighted by molar-refractivity contribution is 7.13. The Kier molecular flexibility index (Phi) is 5.17. The number of hydrogen-bond acceptors (Lipinski definition) is 8. The van der Waals surface area contributed by atoms with E-state index in [1.54, 1.807) is 35.3 Å². The summed E-state index contributed by atoms with van der Waals surface area (Å²) in [5.74, 6) is 0.880. The zero-order valence-corrected chi connectivity index (χ0v) is 18.2. The molecule has 0 N–H and O–H groups in total. The Morgan fingerprint density at radius 2 is 2.03 bits per heavy atom. The van der Waals surface area contributed by atoms with E-state index in [0.717, 1.165) is 40.4 Å². The first-order valence-electron chi connectivity index (χ1n) is 10.1. The lowest BCUT2D eigenvalue weighted by Gasteiger charge is -2.43. The van der Waals surface area contributed by atoms with Gasteiger partial charge in [0, 0.05) is 48.7 Å². The number of hydrogen-bond donors (Lipinski definition) is 0. The Balaban J connectivity index is 1.34. The molecule has 5 heterocycles. The van der Waals surface area contributed by atoms with Gasteiger partial charge in [0.2, 0.25) is 0 Å². The Bertz CT molecular complexity index is 1230.